The third kappa shape index (κ3) is 5.24. The van der Waals surface area contributed by atoms with Gasteiger partial charge in [0.25, 0.3) is 0 Å². The maximum absolute atomic E-state index is 13.3. The van der Waals surface area contributed by atoms with E-state index in [4.69, 9.17) is 4.74 Å². The third-order valence-electron chi connectivity index (χ3n) is 6.43. The van der Waals surface area contributed by atoms with Gasteiger partial charge >= 0.3 is 0 Å². The molecule has 164 valence electrons. The molecule has 1 saturated carbocycles. The summed E-state index contributed by atoms with van der Waals surface area (Å²) in [6.45, 7) is 1.05. The summed E-state index contributed by atoms with van der Waals surface area (Å²) in [6, 6.07) is 12.4. The van der Waals surface area contributed by atoms with Crippen molar-refractivity contribution >= 4 is 17.5 Å². The lowest BCUT2D eigenvalue weighted by atomic mass is 9.79. The van der Waals surface area contributed by atoms with Gasteiger partial charge in [-0.2, -0.15) is 0 Å². The number of carbonyl (C=O) groups excluding carboxylic acids is 2. The van der Waals surface area contributed by atoms with Gasteiger partial charge in [0.1, 0.15) is 11.6 Å². The molecule has 0 radical (unpaired) electrons. The molecule has 0 spiro atoms. The Balaban J connectivity index is 1.22. The number of amides is 2. The highest BCUT2D eigenvalue weighted by atomic mass is 19.1. The molecule has 5 nitrogen and oxygen atoms in total. The molecule has 2 aliphatic rings. The molecular weight excluding hydrogens is 395 g/mol. The summed E-state index contributed by atoms with van der Waals surface area (Å²) >= 11 is 0. The summed E-state index contributed by atoms with van der Waals surface area (Å²) in [5.41, 5.74) is 2.96. The Hall–Kier alpha value is -2.89. The van der Waals surface area contributed by atoms with Crippen LogP contribution < -0.4 is 15.4 Å². The van der Waals surface area contributed by atoms with E-state index in [0.717, 1.165) is 54.7 Å². The number of nitrogens with one attached hydrogen (secondary N) is 2. The van der Waals surface area contributed by atoms with Crippen LogP contribution in [0.2, 0.25) is 0 Å². The molecule has 2 aromatic rings. The van der Waals surface area contributed by atoms with Gasteiger partial charge in [0.15, 0.2) is 0 Å². The predicted molar refractivity (Wildman–Crippen MR) is 118 cm³/mol. The van der Waals surface area contributed by atoms with Crippen molar-refractivity contribution in [2.45, 2.75) is 56.8 Å². The second-order valence-electron chi connectivity index (χ2n) is 8.59. The largest absolute Gasteiger partial charge is 0.494 e. The van der Waals surface area contributed by atoms with Crippen LogP contribution in [0.3, 0.4) is 0 Å². The van der Waals surface area contributed by atoms with Crippen LogP contribution in [0.1, 0.15) is 56.1 Å². The number of halogens is 1. The highest BCUT2D eigenvalue weighted by Gasteiger charge is 2.35. The van der Waals surface area contributed by atoms with Gasteiger partial charge in [0.2, 0.25) is 11.8 Å². The zero-order valence-corrected chi connectivity index (χ0v) is 17.7. The number of hydrogen-bond donors (Lipinski definition) is 2. The van der Waals surface area contributed by atoms with E-state index in [1.165, 1.54) is 12.1 Å². The van der Waals surface area contributed by atoms with E-state index in [1.54, 1.807) is 0 Å². The maximum atomic E-state index is 13.3. The predicted octanol–water partition coefficient (Wildman–Crippen LogP) is 4.50. The van der Waals surface area contributed by atoms with Gasteiger partial charge in [-0.1, -0.05) is 25.0 Å². The van der Waals surface area contributed by atoms with Crippen LogP contribution in [-0.4, -0.2) is 25.0 Å². The molecule has 0 saturated heterocycles. The van der Waals surface area contributed by atoms with Crippen LogP contribution in [0.5, 0.6) is 5.75 Å². The molecule has 4 rings (SSSR count). The van der Waals surface area contributed by atoms with E-state index in [9.17, 15) is 14.0 Å². The number of ether oxygens (including phenoxy) is 1. The standard InChI is InChI=1S/C25H29FN2O3/c26-20-8-6-19(7-9-20)25(13-1-2-14-25)17-27-23(29)4-3-15-31-21-10-11-22-18(16-21)5-12-24(30)28-22/h6-11,16H,1-5,12-15,17H2,(H,27,29)(H,28,30). The van der Waals surface area contributed by atoms with Crippen molar-refractivity contribution in [1.82, 2.24) is 5.32 Å². The highest BCUT2D eigenvalue weighted by Crippen LogP contribution is 2.40. The fourth-order valence-electron chi connectivity index (χ4n) is 4.65. The topological polar surface area (TPSA) is 67.4 Å². The summed E-state index contributed by atoms with van der Waals surface area (Å²) in [5.74, 6) is 0.595. The Morgan fingerprint density at radius 3 is 2.65 bits per heavy atom. The van der Waals surface area contributed by atoms with E-state index in [-0.39, 0.29) is 23.0 Å². The molecule has 6 heteroatoms. The number of aryl methyl sites for hydroxylation is 1. The Morgan fingerprint density at radius 1 is 1.10 bits per heavy atom. The van der Waals surface area contributed by atoms with Crippen molar-refractivity contribution in [2.24, 2.45) is 0 Å². The fraction of sp³-hybridized carbons (Fsp3) is 0.440. The average Bonchev–Trinajstić information content (AvgIpc) is 3.26. The lowest BCUT2D eigenvalue weighted by molar-refractivity contribution is -0.121. The molecule has 31 heavy (non-hydrogen) atoms. The van der Waals surface area contributed by atoms with Crippen molar-refractivity contribution in [2.75, 3.05) is 18.5 Å². The number of rotatable bonds is 8. The number of hydrogen-bond acceptors (Lipinski definition) is 3. The van der Waals surface area contributed by atoms with Gasteiger partial charge in [0.05, 0.1) is 6.61 Å². The maximum Gasteiger partial charge on any atom is 0.224 e. The summed E-state index contributed by atoms with van der Waals surface area (Å²) < 4.78 is 19.1. The summed E-state index contributed by atoms with van der Waals surface area (Å²) in [6.07, 6.45) is 6.54. The molecule has 1 fully saturated rings. The van der Waals surface area contributed by atoms with Crippen molar-refractivity contribution < 1.29 is 18.7 Å². The second-order valence-corrected chi connectivity index (χ2v) is 8.59. The van der Waals surface area contributed by atoms with Gasteiger partial charge < -0.3 is 15.4 Å². The number of anilines is 1. The minimum atomic E-state index is -0.232. The van der Waals surface area contributed by atoms with Gasteiger partial charge in [-0.05, 0) is 67.1 Å². The van der Waals surface area contributed by atoms with Crippen molar-refractivity contribution in [1.29, 1.82) is 0 Å². The van der Waals surface area contributed by atoms with Gasteiger partial charge in [-0.25, -0.2) is 4.39 Å². The lowest BCUT2D eigenvalue weighted by Crippen LogP contribution is -2.39. The first-order valence-electron chi connectivity index (χ1n) is 11.1. The smallest absolute Gasteiger partial charge is 0.224 e. The first-order chi connectivity index (χ1) is 15.0. The minimum absolute atomic E-state index is 0.0186. The van der Waals surface area contributed by atoms with E-state index < -0.39 is 0 Å². The molecule has 2 N–H and O–H groups in total. The van der Waals surface area contributed by atoms with E-state index >= 15 is 0 Å². The number of fused-ring (bicyclic) bond motifs is 1. The van der Waals surface area contributed by atoms with Crippen molar-refractivity contribution in [3.05, 3.63) is 59.4 Å². The number of benzene rings is 2. The van der Waals surface area contributed by atoms with Crippen molar-refractivity contribution in [3.63, 3.8) is 0 Å². The number of carbonyl (C=O) groups is 2. The van der Waals surface area contributed by atoms with Crippen LogP contribution in [0, 0.1) is 5.82 Å². The molecule has 0 atom stereocenters. The molecule has 1 aliphatic heterocycles. The molecule has 0 aromatic heterocycles. The monoisotopic (exact) mass is 424 g/mol. The van der Waals surface area contributed by atoms with Gasteiger partial charge in [-0.15, -0.1) is 0 Å². The first kappa shape index (κ1) is 21.3. The molecule has 0 bridgehead atoms. The molecule has 2 aromatic carbocycles. The minimum Gasteiger partial charge on any atom is -0.494 e. The Morgan fingerprint density at radius 2 is 1.87 bits per heavy atom. The first-order valence-corrected chi connectivity index (χ1v) is 11.1. The zero-order chi connectivity index (χ0) is 21.7. The second kappa shape index (κ2) is 9.50. The summed E-state index contributed by atoms with van der Waals surface area (Å²) in [4.78, 5) is 23.8. The van der Waals surface area contributed by atoms with Crippen LogP contribution in [0.15, 0.2) is 42.5 Å². The quantitative estimate of drug-likeness (QED) is 0.613. The van der Waals surface area contributed by atoms with E-state index in [2.05, 4.69) is 10.6 Å². The van der Waals surface area contributed by atoms with Crippen LogP contribution in [0.25, 0.3) is 0 Å². The SMILES string of the molecule is O=C(CCCOc1ccc2c(c1)CCC(=O)N2)NCC1(c2ccc(F)cc2)CCCC1. The average molecular weight is 425 g/mol. The van der Waals surface area contributed by atoms with Gasteiger partial charge in [-0.3, -0.25) is 9.59 Å². The van der Waals surface area contributed by atoms with E-state index in [1.807, 2.05) is 30.3 Å². The Bertz CT molecular complexity index is 936. The Labute approximate surface area is 182 Å². The van der Waals surface area contributed by atoms with Gasteiger partial charge in [0, 0.05) is 30.5 Å². The zero-order valence-electron chi connectivity index (χ0n) is 17.7. The van der Waals surface area contributed by atoms with Crippen LogP contribution >= 0.6 is 0 Å². The summed E-state index contributed by atoms with van der Waals surface area (Å²) in [5, 5.41) is 5.95. The fourth-order valence-corrected chi connectivity index (χ4v) is 4.65. The molecule has 1 heterocycles. The van der Waals surface area contributed by atoms with Crippen LogP contribution in [0.4, 0.5) is 10.1 Å². The molecular formula is C25H29FN2O3. The molecule has 2 amide bonds. The molecule has 0 unspecified atom stereocenters. The van der Waals surface area contributed by atoms with Crippen LogP contribution in [-0.2, 0) is 21.4 Å². The lowest BCUT2D eigenvalue weighted by Gasteiger charge is -2.30. The molecule has 1 aliphatic carbocycles. The van der Waals surface area contributed by atoms with E-state index in [0.29, 0.717) is 32.4 Å². The third-order valence-corrected chi connectivity index (χ3v) is 6.43. The van der Waals surface area contributed by atoms with Crippen molar-refractivity contribution in [3.8, 4) is 5.75 Å². The highest BCUT2D eigenvalue weighted by molar-refractivity contribution is 5.94. The summed E-state index contributed by atoms with van der Waals surface area (Å²) in [7, 11) is 0. The normalized spacial score (nSPS) is 17.0. The Kier molecular flexibility index (Phi) is 6.54.